The molecular formula is C13H14ClFO2. The van der Waals surface area contributed by atoms with Gasteiger partial charge in [-0.15, -0.1) is 0 Å². The van der Waals surface area contributed by atoms with Crippen LogP contribution in [-0.4, -0.2) is 18.0 Å². The van der Waals surface area contributed by atoms with Crippen LogP contribution >= 0.6 is 11.6 Å². The Morgan fingerprint density at radius 1 is 1.53 bits per heavy atom. The van der Waals surface area contributed by atoms with Crippen molar-refractivity contribution in [3.8, 4) is 0 Å². The molecule has 0 spiro atoms. The van der Waals surface area contributed by atoms with Crippen LogP contribution in [0.15, 0.2) is 18.2 Å². The molecule has 1 aromatic rings. The fraction of sp³-hybridized carbons (Fsp3) is 0.462. The van der Waals surface area contributed by atoms with Gasteiger partial charge in [-0.25, -0.2) is 4.39 Å². The smallest absolute Gasteiger partial charge is 0.165 e. The summed E-state index contributed by atoms with van der Waals surface area (Å²) in [6.07, 6.45) is 1.78. The predicted molar refractivity (Wildman–Crippen MR) is 63.7 cm³/mol. The molecule has 0 saturated carbocycles. The van der Waals surface area contributed by atoms with Crippen LogP contribution in [0, 0.1) is 5.82 Å². The van der Waals surface area contributed by atoms with Gasteiger partial charge in [0.05, 0.1) is 11.1 Å². The number of hydrogen-bond acceptors (Lipinski definition) is 2. The standard InChI is InChI=1S/C13H14ClFO2/c1-8-2-5-13(17-8)12(16)7-9-3-4-11(15)10(14)6-9/h3-4,6,8,13H,2,5,7H2,1H3. The van der Waals surface area contributed by atoms with E-state index < -0.39 is 5.82 Å². The van der Waals surface area contributed by atoms with Gasteiger partial charge >= 0.3 is 0 Å². The Bertz CT molecular complexity index is 433. The molecule has 0 N–H and O–H groups in total. The Balaban J connectivity index is 2.00. The summed E-state index contributed by atoms with van der Waals surface area (Å²) in [5.41, 5.74) is 0.726. The number of halogens is 2. The van der Waals surface area contributed by atoms with Gasteiger partial charge < -0.3 is 4.74 Å². The number of ether oxygens (including phenoxy) is 1. The van der Waals surface area contributed by atoms with Crippen LogP contribution in [0.1, 0.15) is 25.3 Å². The summed E-state index contributed by atoms with van der Waals surface area (Å²) >= 11 is 5.66. The van der Waals surface area contributed by atoms with Crippen LogP contribution in [0.25, 0.3) is 0 Å². The van der Waals surface area contributed by atoms with Crippen molar-refractivity contribution in [1.82, 2.24) is 0 Å². The number of rotatable bonds is 3. The highest BCUT2D eigenvalue weighted by Crippen LogP contribution is 2.22. The van der Waals surface area contributed by atoms with Gasteiger partial charge in [-0.1, -0.05) is 17.7 Å². The second kappa shape index (κ2) is 5.15. The van der Waals surface area contributed by atoms with E-state index in [2.05, 4.69) is 0 Å². The highest BCUT2D eigenvalue weighted by atomic mass is 35.5. The summed E-state index contributed by atoms with van der Waals surface area (Å²) in [7, 11) is 0. The van der Waals surface area contributed by atoms with Crippen molar-refractivity contribution < 1.29 is 13.9 Å². The Morgan fingerprint density at radius 3 is 2.88 bits per heavy atom. The molecule has 1 aromatic carbocycles. The normalized spacial score (nSPS) is 23.9. The van der Waals surface area contributed by atoms with E-state index >= 15 is 0 Å². The fourth-order valence-corrected chi connectivity index (χ4v) is 2.21. The molecule has 2 nitrogen and oxygen atoms in total. The Kier molecular flexibility index (Phi) is 3.79. The monoisotopic (exact) mass is 256 g/mol. The first-order chi connectivity index (χ1) is 8.06. The van der Waals surface area contributed by atoms with E-state index in [1.807, 2.05) is 6.92 Å². The molecule has 2 unspecified atom stereocenters. The molecule has 2 rings (SSSR count). The second-order valence-corrected chi connectivity index (χ2v) is 4.81. The molecule has 1 saturated heterocycles. The molecule has 1 fully saturated rings. The number of ketones is 1. The average Bonchev–Trinajstić information content (AvgIpc) is 2.70. The van der Waals surface area contributed by atoms with Crippen molar-refractivity contribution in [2.75, 3.05) is 0 Å². The minimum absolute atomic E-state index is 0.0389. The van der Waals surface area contributed by atoms with Gasteiger partial charge in [-0.2, -0.15) is 0 Å². The zero-order valence-corrected chi connectivity index (χ0v) is 10.3. The van der Waals surface area contributed by atoms with Gasteiger partial charge in [0.15, 0.2) is 5.78 Å². The Labute approximate surface area is 105 Å². The first-order valence-corrected chi connectivity index (χ1v) is 6.06. The summed E-state index contributed by atoms with van der Waals surface area (Å²) in [4.78, 5) is 11.9. The molecule has 1 aliphatic rings. The van der Waals surface area contributed by atoms with Gasteiger partial charge in [-0.05, 0) is 37.5 Å². The van der Waals surface area contributed by atoms with E-state index in [1.165, 1.54) is 12.1 Å². The molecule has 4 heteroatoms. The summed E-state index contributed by atoms with van der Waals surface area (Å²) < 4.78 is 18.4. The van der Waals surface area contributed by atoms with Crippen LogP contribution in [0.5, 0.6) is 0 Å². The average molecular weight is 257 g/mol. The zero-order valence-electron chi connectivity index (χ0n) is 9.58. The summed E-state index contributed by atoms with van der Waals surface area (Å²) in [5.74, 6) is -0.425. The topological polar surface area (TPSA) is 26.3 Å². The van der Waals surface area contributed by atoms with Crippen LogP contribution < -0.4 is 0 Å². The van der Waals surface area contributed by atoms with Crippen LogP contribution in [-0.2, 0) is 16.0 Å². The maximum Gasteiger partial charge on any atom is 0.165 e. The minimum atomic E-state index is -0.464. The second-order valence-electron chi connectivity index (χ2n) is 4.40. The lowest BCUT2D eigenvalue weighted by Crippen LogP contribution is -2.22. The van der Waals surface area contributed by atoms with Crippen molar-refractivity contribution >= 4 is 17.4 Å². The van der Waals surface area contributed by atoms with Gasteiger partial charge in [0, 0.05) is 6.42 Å². The number of carbonyl (C=O) groups excluding carboxylic acids is 1. The highest BCUT2D eigenvalue weighted by molar-refractivity contribution is 6.30. The number of hydrogen-bond donors (Lipinski definition) is 0. The lowest BCUT2D eigenvalue weighted by Gasteiger charge is -2.10. The van der Waals surface area contributed by atoms with Crippen molar-refractivity contribution in [3.05, 3.63) is 34.6 Å². The molecular weight excluding hydrogens is 243 g/mol. The Morgan fingerprint density at radius 2 is 2.29 bits per heavy atom. The van der Waals surface area contributed by atoms with Gasteiger partial charge in [-0.3, -0.25) is 4.79 Å². The van der Waals surface area contributed by atoms with E-state index in [9.17, 15) is 9.18 Å². The van der Waals surface area contributed by atoms with Gasteiger partial charge in [0.1, 0.15) is 11.9 Å². The third-order valence-electron chi connectivity index (χ3n) is 2.95. The molecule has 0 aliphatic carbocycles. The van der Waals surface area contributed by atoms with Gasteiger partial charge in [0.2, 0.25) is 0 Å². The maximum absolute atomic E-state index is 12.9. The molecule has 0 bridgehead atoms. The Hall–Kier alpha value is -0.930. The van der Waals surface area contributed by atoms with E-state index in [1.54, 1.807) is 6.07 Å². The lowest BCUT2D eigenvalue weighted by molar-refractivity contribution is -0.128. The molecule has 17 heavy (non-hydrogen) atoms. The van der Waals surface area contributed by atoms with Crippen LogP contribution in [0.3, 0.4) is 0 Å². The first kappa shape index (κ1) is 12.5. The molecule has 0 radical (unpaired) electrons. The SMILES string of the molecule is CC1CCC(C(=O)Cc2ccc(F)c(Cl)c2)O1. The summed E-state index contributed by atoms with van der Waals surface area (Å²) in [6, 6.07) is 4.35. The third kappa shape index (κ3) is 3.05. The van der Waals surface area contributed by atoms with Crippen LogP contribution in [0.2, 0.25) is 5.02 Å². The largest absolute Gasteiger partial charge is 0.367 e. The number of carbonyl (C=O) groups is 1. The van der Waals surface area contributed by atoms with E-state index in [4.69, 9.17) is 16.3 Å². The van der Waals surface area contributed by atoms with E-state index in [0.717, 1.165) is 18.4 Å². The molecule has 2 atom stereocenters. The molecule has 1 heterocycles. The third-order valence-corrected chi connectivity index (χ3v) is 3.24. The molecule has 1 aliphatic heterocycles. The minimum Gasteiger partial charge on any atom is -0.367 e. The maximum atomic E-state index is 12.9. The lowest BCUT2D eigenvalue weighted by atomic mass is 10.0. The van der Waals surface area contributed by atoms with Crippen LogP contribution in [0.4, 0.5) is 4.39 Å². The van der Waals surface area contributed by atoms with Crippen molar-refractivity contribution in [3.63, 3.8) is 0 Å². The predicted octanol–water partition coefficient (Wildman–Crippen LogP) is 3.16. The van der Waals surface area contributed by atoms with Crippen molar-refractivity contribution in [2.45, 2.75) is 38.4 Å². The molecule has 92 valence electrons. The van der Waals surface area contributed by atoms with E-state index in [-0.39, 0.29) is 29.4 Å². The summed E-state index contributed by atoms with van der Waals surface area (Å²) in [6.45, 7) is 1.96. The number of Topliss-reactive ketones (excluding diaryl/α,β-unsaturated/α-hetero) is 1. The van der Waals surface area contributed by atoms with Crippen molar-refractivity contribution in [2.24, 2.45) is 0 Å². The quantitative estimate of drug-likeness (QED) is 0.830. The molecule has 0 aromatic heterocycles. The van der Waals surface area contributed by atoms with Crippen molar-refractivity contribution in [1.29, 1.82) is 0 Å². The van der Waals surface area contributed by atoms with Gasteiger partial charge in [0.25, 0.3) is 0 Å². The fourth-order valence-electron chi connectivity index (χ4n) is 2.00. The molecule has 0 amide bonds. The number of benzene rings is 1. The highest BCUT2D eigenvalue weighted by Gasteiger charge is 2.27. The summed E-state index contributed by atoms with van der Waals surface area (Å²) in [5, 5.41) is 0.0519. The zero-order chi connectivity index (χ0) is 12.4. The first-order valence-electron chi connectivity index (χ1n) is 5.68. The van der Waals surface area contributed by atoms with E-state index in [0.29, 0.717) is 0 Å².